The molecule has 0 saturated carbocycles. The number of nitrogens with one attached hydrogen (secondary N) is 1. The molecular weight excluding hydrogens is 308 g/mol. The molecule has 0 saturated heterocycles. The molecule has 0 aromatic heterocycles. The van der Waals surface area contributed by atoms with E-state index in [4.69, 9.17) is 10.5 Å². The minimum absolute atomic E-state index is 0.142. The number of hydrogen-bond donors (Lipinski definition) is 2. The van der Waals surface area contributed by atoms with Crippen LogP contribution in [0.4, 0.5) is 5.69 Å². The van der Waals surface area contributed by atoms with E-state index in [0.29, 0.717) is 11.4 Å². The predicted octanol–water partition coefficient (Wildman–Crippen LogP) is 3.16. The van der Waals surface area contributed by atoms with Crippen molar-refractivity contribution in [3.05, 3.63) is 22.7 Å². The lowest BCUT2D eigenvalue weighted by Crippen LogP contribution is -2.53. The highest BCUT2D eigenvalue weighted by Crippen LogP contribution is 2.33. The molecular formula is C14H21BrN2O2. The van der Waals surface area contributed by atoms with E-state index in [1.54, 1.807) is 19.2 Å². The average molecular weight is 329 g/mol. The van der Waals surface area contributed by atoms with Gasteiger partial charge in [-0.25, -0.2) is 0 Å². The third-order valence-electron chi connectivity index (χ3n) is 3.59. The second-order valence-electron chi connectivity index (χ2n) is 5.65. The van der Waals surface area contributed by atoms with Crippen LogP contribution in [0.3, 0.4) is 0 Å². The van der Waals surface area contributed by atoms with E-state index in [1.165, 1.54) is 0 Å². The lowest BCUT2D eigenvalue weighted by Gasteiger charge is -2.37. The van der Waals surface area contributed by atoms with E-state index in [9.17, 15) is 4.79 Å². The van der Waals surface area contributed by atoms with E-state index >= 15 is 0 Å². The molecule has 0 aliphatic heterocycles. The summed E-state index contributed by atoms with van der Waals surface area (Å²) in [7, 11) is 1.57. The summed E-state index contributed by atoms with van der Waals surface area (Å²) in [6.07, 6.45) is 0. The van der Waals surface area contributed by atoms with Crippen LogP contribution >= 0.6 is 15.9 Å². The lowest BCUT2D eigenvalue weighted by molar-refractivity contribution is -0.126. The fourth-order valence-electron chi connectivity index (χ4n) is 1.35. The fourth-order valence-corrected chi connectivity index (χ4v) is 1.71. The van der Waals surface area contributed by atoms with Gasteiger partial charge in [0.05, 0.1) is 18.2 Å². The smallest absolute Gasteiger partial charge is 0.231 e. The Morgan fingerprint density at radius 1 is 1.32 bits per heavy atom. The van der Waals surface area contributed by atoms with Gasteiger partial charge in [0.1, 0.15) is 5.75 Å². The Kier molecular flexibility index (Phi) is 4.63. The standard InChI is InChI=1S/C14H21BrN2O2/c1-13(2,14(3,4)16)12(18)17-10-8-9(15)6-7-11(10)19-5/h6-8H,16H2,1-5H3,(H,17,18). The van der Waals surface area contributed by atoms with Crippen molar-refractivity contribution in [1.29, 1.82) is 0 Å². The average Bonchev–Trinajstić information content (AvgIpc) is 2.27. The molecule has 1 amide bonds. The van der Waals surface area contributed by atoms with Crippen LogP contribution in [0, 0.1) is 5.41 Å². The van der Waals surface area contributed by atoms with Crippen molar-refractivity contribution < 1.29 is 9.53 Å². The van der Waals surface area contributed by atoms with Crippen molar-refractivity contribution in [1.82, 2.24) is 0 Å². The molecule has 0 atom stereocenters. The van der Waals surface area contributed by atoms with Crippen molar-refractivity contribution in [2.75, 3.05) is 12.4 Å². The summed E-state index contributed by atoms with van der Waals surface area (Å²) in [5.41, 5.74) is 5.35. The van der Waals surface area contributed by atoms with Crippen molar-refractivity contribution in [3.8, 4) is 5.75 Å². The van der Waals surface area contributed by atoms with E-state index < -0.39 is 11.0 Å². The fraction of sp³-hybridized carbons (Fsp3) is 0.500. The molecule has 0 unspecified atom stereocenters. The number of carbonyl (C=O) groups excluding carboxylic acids is 1. The zero-order valence-corrected chi connectivity index (χ0v) is 13.6. The molecule has 0 fully saturated rings. The summed E-state index contributed by atoms with van der Waals surface area (Å²) in [5, 5.41) is 2.88. The minimum Gasteiger partial charge on any atom is -0.495 e. The van der Waals surface area contributed by atoms with Gasteiger partial charge in [0.2, 0.25) is 5.91 Å². The first-order valence-electron chi connectivity index (χ1n) is 6.03. The highest BCUT2D eigenvalue weighted by molar-refractivity contribution is 9.10. The number of halogens is 1. The van der Waals surface area contributed by atoms with Crippen LogP contribution in [0.5, 0.6) is 5.75 Å². The number of anilines is 1. The number of nitrogens with two attached hydrogens (primary N) is 1. The van der Waals surface area contributed by atoms with Gasteiger partial charge in [-0.05, 0) is 45.9 Å². The van der Waals surface area contributed by atoms with Crippen molar-refractivity contribution >= 4 is 27.5 Å². The number of amides is 1. The van der Waals surface area contributed by atoms with Crippen LogP contribution in [0.1, 0.15) is 27.7 Å². The predicted molar refractivity (Wildman–Crippen MR) is 81.4 cm³/mol. The summed E-state index contributed by atoms with van der Waals surface area (Å²) < 4.78 is 6.10. The zero-order chi connectivity index (χ0) is 14.8. The highest BCUT2D eigenvalue weighted by atomic mass is 79.9. The molecule has 0 radical (unpaired) electrons. The minimum atomic E-state index is -0.708. The van der Waals surface area contributed by atoms with Gasteiger partial charge in [-0.15, -0.1) is 0 Å². The van der Waals surface area contributed by atoms with Crippen LogP contribution in [-0.4, -0.2) is 18.6 Å². The molecule has 5 heteroatoms. The van der Waals surface area contributed by atoms with Crippen LogP contribution in [-0.2, 0) is 4.79 Å². The molecule has 4 nitrogen and oxygen atoms in total. The number of ether oxygens (including phenoxy) is 1. The Labute approximate surface area is 122 Å². The summed E-state index contributed by atoms with van der Waals surface area (Å²) >= 11 is 3.37. The topological polar surface area (TPSA) is 64.3 Å². The first kappa shape index (κ1) is 16.0. The highest BCUT2D eigenvalue weighted by Gasteiger charge is 2.40. The molecule has 0 heterocycles. The molecule has 106 valence electrons. The second kappa shape index (κ2) is 5.51. The molecule has 3 N–H and O–H groups in total. The van der Waals surface area contributed by atoms with Gasteiger partial charge < -0.3 is 15.8 Å². The van der Waals surface area contributed by atoms with Gasteiger partial charge in [0, 0.05) is 10.0 Å². The van der Waals surface area contributed by atoms with Gasteiger partial charge >= 0.3 is 0 Å². The first-order chi connectivity index (χ1) is 8.59. The number of methoxy groups -OCH3 is 1. The van der Waals surface area contributed by atoms with Crippen LogP contribution < -0.4 is 15.8 Å². The summed E-state index contributed by atoms with van der Waals surface area (Å²) in [6.45, 7) is 7.33. The number of benzene rings is 1. The Morgan fingerprint density at radius 2 is 1.89 bits per heavy atom. The maximum atomic E-state index is 12.4. The monoisotopic (exact) mass is 328 g/mol. The SMILES string of the molecule is COc1ccc(Br)cc1NC(=O)C(C)(C)C(C)(C)N. The van der Waals surface area contributed by atoms with E-state index in [1.807, 2.05) is 33.8 Å². The normalized spacial score (nSPS) is 12.2. The molecule has 0 aliphatic rings. The van der Waals surface area contributed by atoms with Gasteiger partial charge in [0.25, 0.3) is 0 Å². The Hall–Kier alpha value is -1.07. The van der Waals surface area contributed by atoms with Crippen molar-refractivity contribution in [2.24, 2.45) is 11.1 Å². The molecule has 19 heavy (non-hydrogen) atoms. The Bertz CT molecular complexity index is 479. The van der Waals surface area contributed by atoms with Crippen molar-refractivity contribution in [3.63, 3.8) is 0 Å². The van der Waals surface area contributed by atoms with Gasteiger partial charge in [-0.2, -0.15) is 0 Å². The largest absolute Gasteiger partial charge is 0.495 e. The maximum Gasteiger partial charge on any atom is 0.231 e. The lowest BCUT2D eigenvalue weighted by atomic mass is 9.74. The van der Waals surface area contributed by atoms with Gasteiger partial charge in [0.15, 0.2) is 0 Å². The molecule has 1 aromatic carbocycles. The molecule has 1 rings (SSSR count). The molecule has 0 bridgehead atoms. The summed E-state index contributed by atoms with van der Waals surface area (Å²) in [5.74, 6) is 0.471. The van der Waals surface area contributed by atoms with Crippen LogP contribution in [0.2, 0.25) is 0 Å². The summed E-state index contributed by atoms with van der Waals surface area (Å²) in [4.78, 5) is 12.4. The Balaban J connectivity index is 3.03. The van der Waals surface area contributed by atoms with E-state index in [-0.39, 0.29) is 5.91 Å². The molecule has 1 aromatic rings. The zero-order valence-electron chi connectivity index (χ0n) is 12.0. The van der Waals surface area contributed by atoms with E-state index in [0.717, 1.165) is 4.47 Å². The van der Waals surface area contributed by atoms with Crippen LogP contribution in [0.25, 0.3) is 0 Å². The maximum absolute atomic E-state index is 12.4. The second-order valence-corrected chi connectivity index (χ2v) is 6.56. The van der Waals surface area contributed by atoms with Gasteiger partial charge in [-0.3, -0.25) is 4.79 Å². The third-order valence-corrected chi connectivity index (χ3v) is 4.08. The first-order valence-corrected chi connectivity index (χ1v) is 6.83. The number of carbonyl (C=O) groups is 1. The Morgan fingerprint density at radius 3 is 2.37 bits per heavy atom. The number of rotatable bonds is 4. The summed E-state index contributed by atoms with van der Waals surface area (Å²) in [6, 6.07) is 5.45. The van der Waals surface area contributed by atoms with Gasteiger partial charge in [-0.1, -0.05) is 15.9 Å². The van der Waals surface area contributed by atoms with Crippen LogP contribution in [0.15, 0.2) is 22.7 Å². The molecule has 0 aliphatic carbocycles. The van der Waals surface area contributed by atoms with Crippen molar-refractivity contribution in [2.45, 2.75) is 33.2 Å². The number of hydrogen-bond acceptors (Lipinski definition) is 3. The van der Waals surface area contributed by atoms with E-state index in [2.05, 4.69) is 21.2 Å². The quantitative estimate of drug-likeness (QED) is 0.892. The molecule has 0 spiro atoms. The third kappa shape index (κ3) is 3.48.